The van der Waals surface area contributed by atoms with E-state index < -0.39 is 0 Å². The van der Waals surface area contributed by atoms with Crippen LogP contribution in [0.15, 0.2) is 41.7 Å². The summed E-state index contributed by atoms with van der Waals surface area (Å²) in [6.45, 7) is 3.19. The molecule has 4 heterocycles. The fourth-order valence-electron chi connectivity index (χ4n) is 3.09. The van der Waals surface area contributed by atoms with Crippen LogP contribution in [-0.4, -0.2) is 43.9 Å². The maximum atomic E-state index is 12.0. The number of nitriles is 1. The van der Waals surface area contributed by atoms with E-state index in [1.807, 2.05) is 6.92 Å². The Balaban J connectivity index is 1.51. The van der Waals surface area contributed by atoms with Crippen LogP contribution in [0.4, 0.5) is 5.82 Å². The van der Waals surface area contributed by atoms with Crippen molar-refractivity contribution in [3.05, 3.63) is 58.5 Å². The molecular weight excluding hydrogens is 346 g/mol. The van der Waals surface area contributed by atoms with Crippen LogP contribution >= 0.6 is 0 Å². The third kappa shape index (κ3) is 3.37. The number of aromatic nitrogens is 5. The minimum absolute atomic E-state index is 0.0739. The van der Waals surface area contributed by atoms with E-state index in [0.717, 1.165) is 24.5 Å². The number of pyridine rings is 1. The quantitative estimate of drug-likeness (QED) is 0.741. The first kappa shape index (κ1) is 16.8. The molecule has 0 amide bonds. The Bertz CT molecular complexity index is 1070. The van der Waals surface area contributed by atoms with Gasteiger partial charge in [0.1, 0.15) is 24.3 Å². The second kappa shape index (κ2) is 6.92. The van der Waals surface area contributed by atoms with Gasteiger partial charge in [0.05, 0.1) is 18.3 Å². The van der Waals surface area contributed by atoms with E-state index in [1.54, 1.807) is 24.5 Å². The van der Waals surface area contributed by atoms with Crippen LogP contribution < -0.4 is 15.2 Å². The molecule has 9 nitrogen and oxygen atoms in total. The number of H-pyrrole nitrogens is 1. The number of hydrogen-bond acceptors (Lipinski definition) is 7. The summed E-state index contributed by atoms with van der Waals surface area (Å²) >= 11 is 0. The number of aryl methyl sites for hydroxylation is 1. The molecule has 9 heteroatoms. The average molecular weight is 363 g/mol. The van der Waals surface area contributed by atoms with Crippen LogP contribution in [0.3, 0.4) is 0 Å². The van der Waals surface area contributed by atoms with Crippen molar-refractivity contribution in [2.45, 2.75) is 19.4 Å². The van der Waals surface area contributed by atoms with Gasteiger partial charge < -0.3 is 9.64 Å². The van der Waals surface area contributed by atoms with E-state index in [-0.39, 0.29) is 11.7 Å². The third-order valence-corrected chi connectivity index (χ3v) is 4.38. The second-order valence-electron chi connectivity index (χ2n) is 6.31. The lowest BCUT2D eigenvalue weighted by Crippen LogP contribution is -2.26. The fraction of sp³-hybridized carbons (Fsp3) is 0.278. The van der Waals surface area contributed by atoms with Crippen molar-refractivity contribution in [3.63, 3.8) is 0 Å². The Morgan fingerprint density at radius 2 is 2.19 bits per heavy atom. The minimum atomic E-state index is -0.166. The van der Waals surface area contributed by atoms with Gasteiger partial charge in [-0.05, 0) is 13.0 Å². The number of nitrogens with one attached hydrogen (secondary N) is 1. The lowest BCUT2D eigenvalue weighted by Gasteiger charge is -2.18. The molecule has 1 aliphatic heterocycles. The highest BCUT2D eigenvalue weighted by Gasteiger charge is 2.26. The normalized spacial score (nSPS) is 16.3. The number of hydrogen-bond donors (Lipinski definition) is 1. The highest BCUT2D eigenvalue weighted by molar-refractivity contribution is 5.45. The van der Waals surface area contributed by atoms with Gasteiger partial charge in [0.15, 0.2) is 11.6 Å². The topological polar surface area (TPSA) is 113 Å². The number of nitrogens with zero attached hydrogens (tertiary/aromatic N) is 6. The Hall–Kier alpha value is -3.67. The van der Waals surface area contributed by atoms with Crippen LogP contribution in [-0.2, 0) is 0 Å². The zero-order valence-electron chi connectivity index (χ0n) is 14.7. The Labute approximate surface area is 154 Å². The molecule has 1 atom stereocenters. The van der Waals surface area contributed by atoms with Gasteiger partial charge in [-0.25, -0.2) is 14.6 Å². The van der Waals surface area contributed by atoms with Gasteiger partial charge in [0.25, 0.3) is 5.56 Å². The van der Waals surface area contributed by atoms with E-state index in [2.05, 4.69) is 31.0 Å². The maximum Gasteiger partial charge on any atom is 0.272 e. The van der Waals surface area contributed by atoms with Gasteiger partial charge in [-0.15, -0.1) is 0 Å². The monoisotopic (exact) mass is 363 g/mol. The van der Waals surface area contributed by atoms with Gasteiger partial charge in [0.2, 0.25) is 0 Å². The first-order valence-corrected chi connectivity index (χ1v) is 8.51. The van der Waals surface area contributed by atoms with Crippen LogP contribution in [0.5, 0.6) is 5.75 Å². The van der Waals surface area contributed by atoms with Gasteiger partial charge >= 0.3 is 0 Å². The molecule has 1 fully saturated rings. The largest absolute Gasteiger partial charge is 0.485 e. The molecule has 0 bridgehead atoms. The molecule has 0 aliphatic carbocycles. The molecular formula is C18H17N7O2. The van der Waals surface area contributed by atoms with Crippen molar-refractivity contribution >= 4 is 5.82 Å². The summed E-state index contributed by atoms with van der Waals surface area (Å²) in [6.07, 6.45) is 5.29. The highest BCUT2D eigenvalue weighted by atomic mass is 16.5. The standard InChI is InChI=1S/C18H17N7O2/c1-12-6-18(26)25(23-12)17-7-16(21-11-22-17)24-5-3-14(10-24)27-15-9-20-4-2-13(15)8-19/h2,4,6-7,9,11,14,23H,3,5,10H2,1H3/t14-/m0/s1. The first-order valence-electron chi connectivity index (χ1n) is 8.51. The Morgan fingerprint density at radius 1 is 1.33 bits per heavy atom. The van der Waals surface area contributed by atoms with E-state index in [9.17, 15) is 4.79 Å². The van der Waals surface area contributed by atoms with Crippen molar-refractivity contribution in [3.8, 4) is 17.6 Å². The predicted molar refractivity (Wildman–Crippen MR) is 96.9 cm³/mol. The Morgan fingerprint density at radius 3 is 2.96 bits per heavy atom. The van der Waals surface area contributed by atoms with Crippen LogP contribution in [0.1, 0.15) is 17.7 Å². The SMILES string of the molecule is Cc1cc(=O)n(-c2cc(N3CC[C@H](Oc4cnccc4C#N)C3)ncn2)[nH]1. The molecule has 0 unspecified atom stereocenters. The Kier molecular flexibility index (Phi) is 4.30. The van der Waals surface area contributed by atoms with Crippen molar-refractivity contribution in [2.24, 2.45) is 0 Å². The van der Waals surface area contributed by atoms with Crippen molar-refractivity contribution in [1.29, 1.82) is 5.26 Å². The van der Waals surface area contributed by atoms with Crippen LogP contribution in [0.2, 0.25) is 0 Å². The summed E-state index contributed by atoms with van der Waals surface area (Å²) in [7, 11) is 0. The zero-order valence-corrected chi connectivity index (χ0v) is 14.7. The smallest absolute Gasteiger partial charge is 0.272 e. The predicted octanol–water partition coefficient (Wildman–Crippen LogP) is 1.19. The van der Waals surface area contributed by atoms with E-state index in [1.165, 1.54) is 17.1 Å². The third-order valence-electron chi connectivity index (χ3n) is 4.38. The number of aromatic amines is 1. The van der Waals surface area contributed by atoms with Crippen molar-refractivity contribution in [2.75, 3.05) is 18.0 Å². The highest BCUT2D eigenvalue weighted by Crippen LogP contribution is 2.24. The summed E-state index contributed by atoms with van der Waals surface area (Å²) in [5.41, 5.74) is 1.06. The average Bonchev–Trinajstić information content (AvgIpc) is 3.28. The molecule has 1 aliphatic rings. The summed E-state index contributed by atoms with van der Waals surface area (Å²) in [6, 6.07) is 7.03. The van der Waals surface area contributed by atoms with E-state index in [0.29, 0.717) is 23.7 Å². The van der Waals surface area contributed by atoms with Gasteiger partial charge in [0, 0.05) is 37.0 Å². The van der Waals surface area contributed by atoms with E-state index in [4.69, 9.17) is 10.00 Å². The molecule has 136 valence electrons. The molecule has 0 saturated carbocycles. The fourth-order valence-corrected chi connectivity index (χ4v) is 3.09. The second-order valence-corrected chi connectivity index (χ2v) is 6.31. The molecule has 0 aromatic carbocycles. The minimum Gasteiger partial charge on any atom is -0.485 e. The first-order chi connectivity index (χ1) is 13.1. The molecule has 3 aromatic heterocycles. The molecule has 3 aromatic rings. The van der Waals surface area contributed by atoms with Crippen LogP contribution in [0, 0.1) is 18.3 Å². The van der Waals surface area contributed by atoms with Crippen molar-refractivity contribution < 1.29 is 4.74 Å². The number of ether oxygens (including phenoxy) is 1. The lowest BCUT2D eigenvalue weighted by atomic mass is 10.2. The summed E-state index contributed by atoms with van der Waals surface area (Å²) in [5, 5.41) is 12.1. The van der Waals surface area contributed by atoms with Crippen molar-refractivity contribution in [1.82, 2.24) is 24.7 Å². The molecule has 0 spiro atoms. The van der Waals surface area contributed by atoms with E-state index >= 15 is 0 Å². The number of rotatable bonds is 4. The van der Waals surface area contributed by atoms with Gasteiger partial charge in [-0.1, -0.05) is 0 Å². The molecule has 4 rings (SSSR count). The molecule has 1 N–H and O–H groups in total. The molecule has 1 saturated heterocycles. The molecule has 0 radical (unpaired) electrons. The summed E-state index contributed by atoms with van der Waals surface area (Å²) in [4.78, 5) is 26.6. The van der Waals surface area contributed by atoms with Gasteiger partial charge in [-0.3, -0.25) is 14.9 Å². The lowest BCUT2D eigenvalue weighted by molar-refractivity contribution is 0.223. The van der Waals surface area contributed by atoms with Gasteiger partial charge in [-0.2, -0.15) is 5.26 Å². The number of anilines is 1. The maximum absolute atomic E-state index is 12.0. The summed E-state index contributed by atoms with van der Waals surface area (Å²) < 4.78 is 7.34. The zero-order chi connectivity index (χ0) is 18.8. The van der Waals surface area contributed by atoms with Crippen LogP contribution in [0.25, 0.3) is 5.82 Å². The summed E-state index contributed by atoms with van der Waals surface area (Å²) in [5.74, 6) is 1.70. The molecule has 27 heavy (non-hydrogen) atoms.